The van der Waals surface area contributed by atoms with Crippen LogP contribution < -0.4 is 10.6 Å². The Balaban J connectivity index is 1.21. The van der Waals surface area contributed by atoms with Crippen LogP contribution in [0.2, 0.25) is 0 Å². The van der Waals surface area contributed by atoms with Gasteiger partial charge in [-0.25, -0.2) is 17.8 Å². The Hall–Kier alpha value is -3.93. The number of hydrogen-bond acceptors (Lipinski definition) is 8. The minimum Gasteiger partial charge on any atom is -0.396 e. The van der Waals surface area contributed by atoms with E-state index in [1.54, 1.807) is 68.0 Å². The van der Waals surface area contributed by atoms with Crippen molar-refractivity contribution in [1.82, 2.24) is 19.3 Å². The number of halogens is 1. The van der Waals surface area contributed by atoms with Crippen LogP contribution in [0.15, 0.2) is 84.1 Å². The molecule has 3 heterocycles. The molecule has 1 saturated heterocycles. The molecule has 2 aromatic carbocycles. The summed E-state index contributed by atoms with van der Waals surface area (Å²) in [5.74, 6) is 0.742. The number of anilines is 4. The van der Waals surface area contributed by atoms with Gasteiger partial charge in [-0.05, 0) is 97.5 Å². The lowest BCUT2D eigenvalue weighted by Crippen LogP contribution is -2.40. The summed E-state index contributed by atoms with van der Waals surface area (Å²) in [6.07, 6.45) is 6.36. The molecular weight excluding hydrogens is 531 g/mol. The molecule has 0 spiro atoms. The van der Waals surface area contributed by atoms with E-state index in [9.17, 15) is 17.9 Å². The Morgan fingerprint density at radius 1 is 0.975 bits per heavy atom. The number of hydrogen-bond donors (Lipinski definition) is 3. The zero-order valence-electron chi connectivity index (χ0n) is 22.0. The highest BCUT2D eigenvalue weighted by Gasteiger charge is 2.33. The van der Waals surface area contributed by atoms with Crippen molar-refractivity contribution in [2.24, 2.45) is 5.92 Å². The van der Waals surface area contributed by atoms with Gasteiger partial charge in [-0.2, -0.15) is 9.29 Å². The van der Waals surface area contributed by atoms with E-state index in [0.29, 0.717) is 54.6 Å². The second-order valence-electron chi connectivity index (χ2n) is 9.81. The molecular formula is C29H31FN6O3S. The van der Waals surface area contributed by atoms with Crippen molar-refractivity contribution in [3.8, 4) is 0 Å². The largest absolute Gasteiger partial charge is 0.396 e. The number of benzene rings is 2. The molecule has 9 nitrogen and oxygen atoms in total. The van der Waals surface area contributed by atoms with Gasteiger partial charge in [-0.15, -0.1) is 0 Å². The summed E-state index contributed by atoms with van der Waals surface area (Å²) in [4.78, 5) is 12.9. The van der Waals surface area contributed by atoms with E-state index in [-0.39, 0.29) is 29.2 Å². The minimum atomic E-state index is -3.65. The molecule has 0 bridgehead atoms. The van der Waals surface area contributed by atoms with Crippen LogP contribution in [0, 0.1) is 18.7 Å². The standard InChI is InChI=1S/C29H31FN6O3S/c1-20-18-24(4-7-27(20)30)33-28-10-15-32-29(35-28)34-23-2-5-25(6-3-23)40(38,39)36-16-11-22(12-17-36)26(19-37)21-8-13-31-14-9-21/h2-10,13-15,18,22,26,37H,11-12,16-17,19H2,1H3,(H2,32,33,34,35). The molecule has 1 fully saturated rings. The number of rotatable bonds is 9. The van der Waals surface area contributed by atoms with E-state index in [4.69, 9.17) is 0 Å². The molecule has 208 valence electrons. The highest BCUT2D eigenvalue weighted by atomic mass is 32.2. The number of aliphatic hydroxyl groups excluding tert-OH is 1. The first-order valence-corrected chi connectivity index (χ1v) is 14.5. The van der Waals surface area contributed by atoms with Crippen molar-refractivity contribution >= 4 is 33.2 Å². The Labute approximate surface area is 233 Å². The zero-order valence-corrected chi connectivity index (χ0v) is 22.9. The molecule has 4 aromatic rings. The van der Waals surface area contributed by atoms with Gasteiger partial charge < -0.3 is 15.7 Å². The van der Waals surface area contributed by atoms with Gasteiger partial charge in [0.25, 0.3) is 0 Å². The minimum absolute atomic E-state index is 0.0183. The van der Waals surface area contributed by atoms with Gasteiger partial charge in [0.15, 0.2) is 0 Å². The predicted octanol–water partition coefficient (Wildman–Crippen LogP) is 4.98. The van der Waals surface area contributed by atoms with Gasteiger partial charge in [-0.1, -0.05) is 0 Å². The fourth-order valence-corrected chi connectivity index (χ4v) is 6.47. The van der Waals surface area contributed by atoms with Crippen LogP contribution >= 0.6 is 0 Å². The Morgan fingerprint density at radius 2 is 1.68 bits per heavy atom. The van der Waals surface area contributed by atoms with Crippen LogP contribution in [0.5, 0.6) is 0 Å². The topological polar surface area (TPSA) is 120 Å². The second-order valence-corrected chi connectivity index (χ2v) is 11.8. The van der Waals surface area contributed by atoms with Gasteiger partial charge in [-0.3, -0.25) is 4.98 Å². The zero-order chi connectivity index (χ0) is 28.1. The molecule has 3 N–H and O–H groups in total. The maximum Gasteiger partial charge on any atom is 0.243 e. The van der Waals surface area contributed by atoms with Crippen LogP contribution in [0.4, 0.5) is 27.5 Å². The maximum absolute atomic E-state index is 13.6. The Morgan fingerprint density at radius 3 is 2.35 bits per heavy atom. The van der Waals surface area contributed by atoms with Gasteiger partial charge in [0, 0.05) is 49.0 Å². The number of piperidine rings is 1. The lowest BCUT2D eigenvalue weighted by Gasteiger charge is -2.35. The van der Waals surface area contributed by atoms with E-state index in [0.717, 1.165) is 5.56 Å². The van der Waals surface area contributed by atoms with Crippen molar-refractivity contribution in [2.75, 3.05) is 30.3 Å². The van der Waals surface area contributed by atoms with E-state index < -0.39 is 10.0 Å². The van der Waals surface area contributed by atoms with Gasteiger partial charge in [0.2, 0.25) is 16.0 Å². The third kappa shape index (κ3) is 6.27. The van der Waals surface area contributed by atoms with Crippen LogP contribution in [0.25, 0.3) is 0 Å². The molecule has 40 heavy (non-hydrogen) atoms. The summed E-state index contributed by atoms with van der Waals surface area (Å²) >= 11 is 0. The highest BCUT2D eigenvalue weighted by molar-refractivity contribution is 7.89. The second kappa shape index (κ2) is 12.1. The molecule has 2 aromatic heterocycles. The van der Waals surface area contributed by atoms with Gasteiger partial charge >= 0.3 is 0 Å². The van der Waals surface area contributed by atoms with Crippen molar-refractivity contribution < 1.29 is 17.9 Å². The number of sulfonamides is 1. The molecule has 1 aliphatic heterocycles. The molecule has 0 aliphatic carbocycles. The average molecular weight is 563 g/mol. The lowest BCUT2D eigenvalue weighted by molar-refractivity contribution is 0.178. The third-order valence-corrected chi connectivity index (χ3v) is 9.15. The first kappa shape index (κ1) is 27.6. The quantitative estimate of drug-likeness (QED) is 0.261. The van der Waals surface area contributed by atoms with E-state index in [2.05, 4.69) is 25.6 Å². The summed E-state index contributed by atoms with van der Waals surface area (Å²) in [6, 6.07) is 16.7. The molecule has 1 atom stereocenters. The smallest absolute Gasteiger partial charge is 0.243 e. The van der Waals surface area contributed by atoms with E-state index >= 15 is 0 Å². The lowest BCUT2D eigenvalue weighted by atomic mass is 9.81. The summed E-state index contributed by atoms with van der Waals surface area (Å²) in [5.41, 5.74) is 2.89. The van der Waals surface area contributed by atoms with Crippen LogP contribution in [0.3, 0.4) is 0 Å². The SMILES string of the molecule is Cc1cc(Nc2ccnc(Nc3ccc(S(=O)(=O)N4CCC(C(CO)c5ccncc5)CC4)cc3)n2)ccc1F. The van der Waals surface area contributed by atoms with E-state index in [1.807, 2.05) is 12.1 Å². The Bertz CT molecular complexity index is 1550. The fraction of sp³-hybridized carbons (Fsp3) is 0.276. The first-order chi connectivity index (χ1) is 19.3. The molecule has 1 unspecified atom stereocenters. The monoisotopic (exact) mass is 562 g/mol. The number of aromatic nitrogens is 3. The first-order valence-electron chi connectivity index (χ1n) is 13.1. The van der Waals surface area contributed by atoms with Crippen molar-refractivity contribution in [3.05, 3.63) is 96.2 Å². The molecule has 11 heteroatoms. The molecule has 0 amide bonds. The van der Waals surface area contributed by atoms with Crippen LogP contribution in [-0.2, 0) is 10.0 Å². The summed E-state index contributed by atoms with van der Waals surface area (Å²) < 4.78 is 41.7. The average Bonchev–Trinajstić information content (AvgIpc) is 2.97. The summed E-state index contributed by atoms with van der Waals surface area (Å²) in [6.45, 7) is 2.51. The summed E-state index contributed by atoms with van der Waals surface area (Å²) in [7, 11) is -3.65. The Kier molecular flexibility index (Phi) is 8.34. The molecule has 0 radical (unpaired) electrons. The number of nitrogens with one attached hydrogen (secondary N) is 2. The van der Waals surface area contributed by atoms with Crippen LogP contribution in [0.1, 0.15) is 29.9 Å². The molecule has 0 saturated carbocycles. The highest BCUT2D eigenvalue weighted by Crippen LogP contribution is 2.34. The number of pyridine rings is 1. The fourth-order valence-electron chi connectivity index (χ4n) is 5.00. The van der Waals surface area contributed by atoms with Crippen molar-refractivity contribution in [3.63, 3.8) is 0 Å². The van der Waals surface area contributed by atoms with Crippen molar-refractivity contribution in [2.45, 2.75) is 30.6 Å². The maximum atomic E-state index is 13.6. The van der Waals surface area contributed by atoms with Crippen LogP contribution in [-0.4, -0.2) is 52.5 Å². The van der Waals surface area contributed by atoms with Gasteiger partial charge in [0.1, 0.15) is 11.6 Å². The van der Waals surface area contributed by atoms with Crippen molar-refractivity contribution in [1.29, 1.82) is 0 Å². The van der Waals surface area contributed by atoms with Gasteiger partial charge in [0.05, 0.1) is 11.5 Å². The molecule has 5 rings (SSSR count). The third-order valence-electron chi connectivity index (χ3n) is 7.23. The summed E-state index contributed by atoms with van der Waals surface area (Å²) in [5, 5.41) is 16.2. The number of aryl methyl sites for hydroxylation is 1. The predicted molar refractivity (Wildman–Crippen MR) is 152 cm³/mol. The number of aliphatic hydroxyl groups is 1. The number of nitrogens with zero attached hydrogens (tertiary/aromatic N) is 4. The van der Waals surface area contributed by atoms with E-state index in [1.165, 1.54) is 10.4 Å². The molecule has 1 aliphatic rings. The normalized spacial score (nSPS) is 15.5.